The van der Waals surface area contributed by atoms with Crippen molar-refractivity contribution in [3.8, 4) is 5.75 Å². The molecule has 160 valence electrons. The minimum Gasteiger partial charge on any atom is -0.508 e. The van der Waals surface area contributed by atoms with Crippen LogP contribution in [0.25, 0.3) is 5.57 Å². The first-order valence-electron chi connectivity index (χ1n) is 11.9. The van der Waals surface area contributed by atoms with Gasteiger partial charge in [-0.1, -0.05) is 115 Å². The summed E-state index contributed by atoms with van der Waals surface area (Å²) in [6, 6.07) is 7.30. The maximum Gasteiger partial charge on any atom is 0.115 e. The fraction of sp³-hybridized carbons (Fsp3) is 0.692. The molecule has 0 amide bonds. The van der Waals surface area contributed by atoms with E-state index in [1.165, 1.54) is 102 Å². The van der Waals surface area contributed by atoms with E-state index in [4.69, 9.17) is 0 Å². The topological polar surface area (TPSA) is 40.5 Å². The minimum absolute atomic E-state index is 0.0783. The normalized spacial score (nSPS) is 11.9. The van der Waals surface area contributed by atoms with Crippen LogP contribution in [0.3, 0.4) is 0 Å². The van der Waals surface area contributed by atoms with E-state index >= 15 is 0 Å². The van der Waals surface area contributed by atoms with Gasteiger partial charge in [-0.2, -0.15) is 0 Å². The second kappa shape index (κ2) is 17.8. The lowest BCUT2D eigenvalue weighted by molar-refractivity contribution is 0.343. The van der Waals surface area contributed by atoms with Gasteiger partial charge in [0, 0.05) is 0 Å². The first kappa shape index (κ1) is 24.8. The van der Waals surface area contributed by atoms with Crippen molar-refractivity contribution in [2.24, 2.45) is 0 Å². The summed E-state index contributed by atoms with van der Waals surface area (Å²) in [5.41, 5.74) is 2.30. The average molecular weight is 389 g/mol. The fourth-order valence-electron chi connectivity index (χ4n) is 3.84. The lowest BCUT2D eigenvalue weighted by Crippen LogP contribution is -1.89. The number of phenolic OH excluding ortho intramolecular Hbond substituents is 1. The summed E-state index contributed by atoms with van der Waals surface area (Å²) in [5, 5.41) is 18.7. The molecule has 2 N–H and O–H groups in total. The third-order valence-corrected chi connectivity index (χ3v) is 5.63. The largest absolute Gasteiger partial charge is 0.508 e. The van der Waals surface area contributed by atoms with Gasteiger partial charge in [0.15, 0.2) is 0 Å². The molecular weight excluding hydrogens is 344 g/mol. The Bertz CT molecular complexity index is 490. The quantitative estimate of drug-likeness (QED) is 0.250. The highest BCUT2D eigenvalue weighted by atomic mass is 16.3. The van der Waals surface area contributed by atoms with Crippen molar-refractivity contribution in [1.29, 1.82) is 0 Å². The van der Waals surface area contributed by atoms with Gasteiger partial charge in [0.25, 0.3) is 0 Å². The van der Waals surface area contributed by atoms with Crippen molar-refractivity contribution in [3.05, 3.63) is 35.9 Å². The smallest absolute Gasteiger partial charge is 0.115 e. The Morgan fingerprint density at radius 3 is 1.54 bits per heavy atom. The summed E-state index contributed by atoms with van der Waals surface area (Å²) in [7, 11) is 0. The SMILES string of the molecule is CCCCCCCCCCCCCCCCCC(=CCO)c1ccc(O)cc1. The number of hydrogen-bond acceptors (Lipinski definition) is 2. The zero-order valence-corrected chi connectivity index (χ0v) is 18.3. The van der Waals surface area contributed by atoms with Gasteiger partial charge >= 0.3 is 0 Å². The number of hydrogen-bond donors (Lipinski definition) is 2. The standard InChI is InChI=1S/C26H44O2/c1-2-3-4-5-6-7-8-9-10-11-12-13-14-15-16-17-24(22-23-27)25-18-20-26(28)21-19-25/h18-22,27-28H,2-17,23H2,1H3. The summed E-state index contributed by atoms with van der Waals surface area (Å²) in [6.07, 6.45) is 23.6. The third kappa shape index (κ3) is 13.0. The summed E-state index contributed by atoms with van der Waals surface area (Å²) >= 11 is 0. The molecule has 1 aromatic carbocycles. The van der Waals surface area contributed by atoms with E-state index in [0.29, 0.717) is 5.75 Å². The second-order valence-electron chi connectivity index (χ2n) is 8.16. The second-order valence-corrected chi connectivity index (χ2v) is 8.16. The lowest BCUT2D eigenvalue weighted by Gasteiger charge is -2.08. The number of unbranched alkanes of at least 4 members (excludes halogenated alkanes) is 14. The molecule has 0 fully saturated rings. The first-order chi connectivity index (χ1) is 13.8. The molecule has 1 rings (SSSR count). The van der Waals surface area contributed by atoms with Crippen LogP contribution in [-0.2, 0) is 0 Å². The predicted molar refractivity (Wildman–Crippen MR) is 123 cm³/mol. The fourth-order valence-corrected chi connectivity index (χ4v) is 3.84. The molecule has 0 aliphatic heterocycles. The molecule has 2 heteroatoms. The van der Waals surface area contributed by atoms with E-state index in [2.05, 4.69) is 6.92 Å². The highest BCUT2D eigenvalue weighted by Gasteiger charge is 2.02. The molecule has 1 aromatic rings. The predicted octanol–water partition coefficient (Wildman–Crippen LogP) is 8.03. The van der Waals surface area contributed by atoms with Crippen LogP contribution >= 0.6 is 0 Å². The highest BCUT2D eigenvalue weighted by molar-refractivity contribution is 5.66. The van der Waals surface area contributed by atoms with Crippen molar-refractivity contribution in [3.63, 3.8) is 0 Å². The Morgan fingerprint density at radius 1 is 0.679 bits per heavy atom. The zero-order valence-electron chi connectivity index (χ0n) is 18.3. The van der Waals surface area contributed by atoms with Crippen LogP contribution < -0.4 is 0 Å². The molecule has 0 radical (unpaired) electrons. The van der Waals surface area contributed by atoms with Gasteiger partial charge < -0.3 is 10.2 Å². The Hall–Kier alpha value is -1.28. The number of phenols is 1. The molecule has 0 saturated heterocycles. The molecule has 2 nitrogen and oxygen atoms in total. The maximum atomic E-state index is 9.42. The Labute approximate surface area is 174 Å². The Morgan fingerprint density at radius 2 is 1.11 bits per heavy atom. The average Bonchev–Trinajstić information content (AvgIpc) is 2.71. The first-order valence-corrected chi connectivity index (χ1v) is 11.9. The lowest BCUT2D eigenvalue weighted by atomic mass is 9.98. The van der Waals surface area contributed by atoms with Gasteiger partial charge in [0.1, 0.15) is 5.75 Å². The van der Waals surface area contributed by atoms with Crippen LogP contribution in [0.5, 0.6) is 5.75 Å². The molecule has 0 unspecified atom stereocenters. The van der Waals surface area contributed by atoms with Crippen molar-refractivity contribution in [1.82, 2.24) is 0 Å². The highest BCUT2D eigenvalue weighted by Crippen LogP contribution is 2.23. The number of benzene rings is 1. The van der Waals surface area contributed by atoms with E-state index in [1.807, 2.05) is 18.2 Å². The molecule has 0 atom stereocenters. The molecular formula is C26H44O2. The Balaban J connectivity index is 1.95. The van der Waals surface area contributed by atoms with Crippen LogP contribution in [0.15, 0.2) is 30.3 Å². The van der Waals surface area contributed by atoms with E-state index in [1.54, 1.807) is 12.1 Å². The number of aliphatic hydroxyl groups excluding tert-OH is 1. The van der Waals surface area contributed by atoms with Crippen molar-refractivity contribution in [2.45, 2.75) is 110 Å². The summed E-state index contributed by atoms with van der Waals surface area (Å²) in [6.45, 7) is 2.36. The Kier molecular flexibility index (Phi) is 15.7. The van der Waals surface area contributed by atoms with Crippen LogP contribution in [0.2, 0.25) is 0 Å². The van der Waals surface area contributed by atoms with E-state index in [9.17, 15) is 10.2 Å². The number of aromatic hydroxyl groups is 1. The number of allylic oxidation sites excluding steroid dienone is 1. The molecule has 0 heterocycles. The summed E-state index contributed by atoms with van der Waals surface area (Å²) < 4.78 is 0. The van der Waals surface area contributed by atoms with Crippen LogP contribution in [0, 0.1) is 0 Å². The summed E-state index contributed by atoms with van der Waals surface area (Å²) in [4.78, 5) is 0. The molecule has 0 bridgehead atoms. The molecule has 0 aliphatic carbocycles. The van der Waals surface area contributed by atoms with Crippen molar-refractivity contribution >= 4 is 5.57 Å². The van der Waals surface area contributed by atoms with Crippen molar-refractivity contribution in [2.75, 3.05) is 6.61 Å². The third-order valence-electron chi connectivity index (χ3n) is 5.63. The van der Waals surface area contributed by atoms with Crippen LogP contribution in [0.4, 0.5) is 0 Å². The van der Waals surface area contributed by atoms with Crippen molar-refractivity contribution < 1.29 is 10.2 Å². The van der Waals surface area contributed by atoms with Gasteiger partial charge in [0.2, 0.25) is 0 Å². The summed E-state index contributed by atoms with van der Waals surface area (Å²) in [5.74, 6) is 0.291. The van der Waals surface area contributed by atoms with Gasteiger partial charge in [-0.05, 0) is 36.1 Å². The number of rotatable bonds is 18. The van der Waals surface area contributed by atoms with Crippen LogP contribution in [0.1, 0.15) is 115 Å². The van der Waals surface area contributed by atoms with Gasteiger partial charge in [-0.25, -0.2) is 0 Å². The molecule has 0 aliphatic rings. The monoisotopic (exact) mass is 388 g/mol. The minimum atomic E-state index is 0.0783. The molecule has 0 spiro atoms. The van der Waals surface area contributed by atoms with Gasteiger partial charge in [0.05, 0.1) is 6.61 Å². The van der Waals surface area contributed by atoms with E-state index < -0.39 is 0 Å². The molecule has 0 aromatic heterocycles. The van der Waals surface area contributed by atoms with E-state index in [0.717, 1.165) is 12.0 Å². The van der Waals surface area contributed by atoms with Crippen LogP contribution in [-0.4, -0.2) is 16.8 Å². The number of aliphatic hydroxyl groups is 1. The van der Waals surface area contributed by atoms with E-state index in [-0.39, 0.29) is 6.61 Å². The molecule has 28 heavy (non-hydrogen) atoms. The van der Waals surface area contributed by atoms with Gasteiger partial charge in [-0.3, -0.25) is 0 Å². The zero-order chi connectivity index (χ0) is 20.3. The maximum absolute atomic E-state index is 9.42. The van der Waals surface area contributed by atoms with Gasteiger partial charge in [-0.15, -0.1) is 0 Å². The molecule has 0 saturated carbocycles.